The molecule has 2 rings (SSSR count). The number of aliphatic imine (C=N–C) groups is 1. The molecule has 0 spiro atoms. The average molecular weight is 237 g/mol. The number of rotatable bonds is 1. The van der Waals surface area contributed by atoms with Crippen molar-refractivity contribution in [3.63, 3.8) is 0 Å². The molecule has 2 aliphatic rings. The van der Waals surface area contributed by atoms with Crippen LogP contribution in [0.5, 0.6) is 0 Å². The molecule has 1 unspecified atom stereocenters. The minimum Gasteiger partial charge on any atom is -0.370 e. The number of hydrogen-bond acceptors (Lipinski definition) is 1. The highest BCUT2D eigenvalue weighted by Crippen LogP contribution is 2.21. The van der Waals surface area contributed by atoms with Gasteiger partial charge in [-0.15, -0.1) is 0 Å². The molecule has 17 heavy (non-hydrogen) atoms. The summed E-state index contributed by atoms with van der Waals surface area (Å²) in [6, 6.07) is 1.07. The van der Waals surface area contributed by atoms with Gasteiger partial charge in [0, 0.05) is 12.6 Å². The summed E-state index contributed by atoms with van der Waals surface area (Å²) in [7, 11) is 0. The van der Waals surface area contributed by atoms with Crippen LogP contribution in [-0.4, -0.2) is 29.5 Å². The van der Waals surface area contributed by atoms with Crippen molar-refractivity contribution >= 4 is 5.96 Å². The van der Waals surface area contributed by atoms with Crippen molar-refractivity contribution in [2.45, 2.75) is 76.8 Å². The fraction of sp³-hybridized carbons (Fsp3) is 0.929. The lowest BCUT2D eigenvalue weighted by Crippen LogP contribution is -2.43. The zero-order valence-corrected chi connectivity index (χ0v) is 11.2. The van der Waals surface area contributed by atoms with Crippen molar-refractivity contribution < 1.29 is 0 Å². The zero-order chi connectivity index (χ0) is 12.1. The molecular weight excluding hydrogens is 210 g/mol. The molecule has 3 heteroatoms. The second kappa shape index (κ2) is 6.27. The third-order valence-corrected chi connectivity index (χ3v) is 4.24. The van der Waals surface area contributed by atoms with Crippen LogP contribution < -0.4 is 5.73 Å². The van der Waals surface area contributed by atoms with Gasteiger partial charge in [0.1, 0.15) is 0 Å². The Kier molecular flexibility index (Phi) is 4.69. The van der Waals surface area contributed by atoms with E-state index in [0.29, 0.717) is 12.1 Å². The van der Waals surface area contributed by atoms with Gasteiger partial charge in [0.25, 0.3) is 0 Å². The van der Waals surface area contributed by atoms with E-state index in [1.807, 2.05) is 0 Å². The van der Waals surface area contributed by atoms with Crippen LogP contribution in [0, 0.1) is 0 Å². The Morgan fingerprint density at radius 2 is 1.65 bits per heavy atom. The Labute approximate surface area is 105 Å². The fourth-order valence-corrected chi connectivity index (χ4v) is 3.09. The molecule has 0 aromatic carbocycles. The third-order valence-electron chi connectivity index (χ3n) is 4.24. The van der Waals surface area contributed by atoms with Gasteiger partial charge in [0.15, 0.2) is 5.96 Å². The van der Waals surface area contributed by atoms with E-state index in [9.17, 15) is 0 Å². The quantitative estimate of drug-likeness (QED) is 0.563. The number of nitrogens with zero attached hydrogens (tertiary/aromatic N) is 2. The Morgan fingerprint density at radius 3 is 2.41 bits per heavy atom. The summed E-state index contributed by atoms with van der Waals surface area (Å²) in [6.07, 6.45) is 11.7. The molecule has 2 fully saturated rings. The van der Waals surface area contributed by atoms with Crippen molar-refractivity contribution in [2.24, 2.45) is 10.7 Å². The Morgan fingerprint density at radius 1 is 1.00 bits per heavy atom. The molecule has 0 radical (unpaired) electrons. The number of nitrogens with two attached hydrogens (primary N) is 1. The minimum absolute atomic E-state index is 0.499. The molecule has 1 atom stereocenters. The molecule has 0 aromatic heterocycles. The lowest BCUT2D eigenvalue weighted by molar-refractivity contribution is 0.327. The highest BCUT2D eigenvalue weighted by Gasteiger charge is 2.20. The Bertz CT molecular complexity index is 256. The average Bonchev–Trinajstić information content (AvgIpc) is 2.55. The molecule has 0 amide bonds. The SMILES string of the molecule is CC1CCCCCN1C(N)=NC1CCCCC1. The molecule has 1 saturated carbocycles. The first kappa shape index (κ1) is 12.7. The Balaban J connectivity index is 1.95. The van der Waals surface area contributed by atoms with Gasteiger partial charge in [-0.3, -0.25) is 0 Å². The maximum Gasteiger partial charge on any atom is 0.191 e. The molecule has 3 nitrogen and oxygen atoms in total. The van der Waals surface area contributed by atoms with Crippen LogP contribution in [0.15, 0.2) is 4.99 Å². The van der Waals surface area contributed by atoms with E-state index < -0.39 is 0 Å². The molecule has 1 heterocycles. The van der Waals surface area contributed by atoms with Crippen LogP contribution in [-0.2, 0) is 0 Å². The van der Waals surface area contributed by atoms with E-state index in [2.05, 4.69) is 11.8 Å². The molecule has 2 N–H and O–H groups in total. The van der Waals surface area contributed by atoms with Gasteiger partial charge >= 0.3 is 0 Å². The standard InChI is InChI=1S/C14H27N3/c1-12-8-4-3-7-11-17(12)14(15)16-13-9-5-2-6-10-13/h12-13H,2-11H2,1H3,(H2,15,16). The number of hydrogen-bond donors (Lipinski definition) is 1. The van der Waals surface area contributed by atoms with Gasteiger partial charge in [-0.05, 0) is 32.6 Å². The number of likely N-dealkylation sites (tertiary alicyclic amines) is 1. The van der Waals surface area contributed by atoms with Crippen molar-refractivity contribution in [1.82, 2.24) is 4.90 Å². The van der Waals surface area contributed by atoms with E-state index in [1.54, 1.807) is 0 Å². The second-order valence-electron chi connectivity index (χ2n) is 5.67. The highest BCUT2D eigenvalue weighted by atomic mass is 15.3. The minimum atomic E-state index is 0.499. The van der Waals surface area contributed by atoms with Crippen LogP contribution in [0.25, 0.3) is 0 Å². The summed E-state index contributed by atoms with van der Waals surface area (Å²) in [5.41, 5.74) is 6.22. The van der Waals surface area contributed by atoms with Crippen molar-refractivity contribution in [2.75, 3.05) is 6.54 Å². The van der Waals surface area contributed by atoms with E-state index in [1.165, 1.54) is 57.8 Å². The van der Waals surface area contributed by atoms with Crippen LogP contribution in [0.1, 0.15) is 64.7 Å². The second-order valence-corrected chi connectivity index (χ2v) is 5.67. The van der Waals surface area contributed by atoms with Crippen molar-refractivity contribution in [3.8, 4) is 0 Å². The summed E-state index contributed by atoms with van der Waals surface area (Å²) in [5.74, 6) is 0.811. The predicted octanol–water partition coefficient (Wildman–Crippen LogP) is 2.90. The lowest BCUT2D eigenvalue weighted by atomic mass is 9.96. The van der Waals surface area contributed by atoms with Gasteiger partial charge < -0.3 is 10.6 Å². The largest absolute Gasteiger partial charge is 0.370 e. The van der Waals surface area contributed by atoms with Gasteiger partial charge in [0.2, 0.25) is 0 Å². The predicted molar refractivity (Wildman–Crippen MR) is 73.1 cm³/mol. The maximum atomic E-state index is 6.22. The summed E-state index contributed by atoms with van der Waals surface area (Å²) < 4.78 is 0. The van der Waals surface area contributed by atoms with E-state index in [-0.39, 0.29) is 0 Å². The summed E-state index contributed by atoms with van der Waals surface area (Å²) in [4.78, 5) is 7.11. The van der Waals surface area contributed by atoms with Gasteiger partial charge in [-0.1, -0.05) is 32.1 Å². The van der Waals surface area contributed by atoms with Crippen LogP contribution in [0.3, 0.4) is 0 Å². The molecule has 98 valence electrons. The van der Waals surface area contributed by atoms with Gasteiger partial charge in [-0.25, -0.2) is 4.99 Å². The summed E-state index contributed by atoms with van der Waals surface area (Å²) >= 11 is 0. The smallest absolute Gasteiger partial charge is 0.191 e. The van der Waals surface area contributed by atoms with E-state index in [0.717, 1.165) is 12.5 Å². The van der Waals surface area contributed by atoms with Gasteiger partial charge in [0.05, 0.1) is 6.04 Å². The fourth-order valence-electron chi connectivity index (χ4n) is 3.09. The monoisotopic (exact) mass is 237 g/mol. The van der Waals surface area contributed by atoms with Crippen LogP contribution in [0.4, 0.5) is 0 Å². The van der Waals surface area contributed by atoms with Crippen LogP contribution >= 0.6 is 0 Å². The molecular formula is C14H27N3. The van der Waals surface area contributed by atoms with Crippen molar-refractivity contribution in [1.29, 1.82) is 0 Å². The Hall–Kier alpha value is -0.730. The van der Waals surface area contributed by atoms with Gasteiger partial charge in [-0.2, -0.15) is 0 Å². The molecule has 1 aliphatic carbocycles. The topological polar surface area (TPSA) is 41.6 Å². The molecule has 0 bridgehead atoms. The van der Waals surface area contributed by atoms with Crippen molar-refractivity contribution in [3.05, 3.63) is 0 Å². The number of guanidine groups is 1. The molecule has 1 aliphatic heterocycles. The third kappa shape index (κ3) is 3.62. The van der Waals surface area contributed by atoms with E-state index in [4.69, 9.17) is 10.7 Å². The first-order chi connectivity index (χ1) is 8.27. The zero-order valence-electron chi connectivity index (χ0n) is 11.2. The molecule has 1 saturated heterocycles. The molecule has 0 aromatic rings. The maximum absolute atomic E-state index is 6.22. The summed E-state index contributed by atoms with van der Waals surface area (Å²) in [6.45, 7) is 3.39. The first-order valence-electron chi connectivity index (χ1n) is 7.37. The summed E-state index contributed by atoms with van der Waals surface area (Å²) in [5, 5.41) is 0. The highest BCUT2D eigenvalue weighted by molar-refractivity contribution is 5.78. The van der Waals surface area contributed by atoms with E-state index >= 15 is 0 Å². The normalized spacial score (nSPS) is 29.1. The first-order valence-corrected chi connectivity index (χ1v) is 7.37. The van der Waals surface area contributed by atoms with Crippen LogP contribution in [0.2, 0.25) is 0 Å². The lowest BCUT2D eigenvalue weighted by Gasteiger charge is -2.29.